The number of hydrogen-bond acceptors (Lipinski definition) is 9. The average Bonchev–Trinajstić information content (AvgIpc) is 3.66. The fraction of sp³-hybridized carbons (Fsp3) is 0.476. The normalized spacial score (nSPS) is 17.2. The molecule has 3 aromatic rings. The van der Waals surface area contributed by atoms with Crippen LogP contribution in [-0.2, 0) is 11.3 Å². The number of piperidine rings is 1. The Morgan fingerprint density at radius 3 is 2.38 bits per heavy atom. The Labute approximate surface area is 199 Å². The summed E-state index contributed by atoms with van der Waals surface area (Å²) in [4.78, 5) is 47.7. The highest BCUT2D eigenvalue weighted by Crippen LogP contribution is 2.30. The molecule has 5 rings (SSSR count). The van der Waals surface area contributed by atoms with Gasteiger partial charge in [-0.2, -0.15) is 0 Å². The maximum Gasteiger partial charge on any atom is 0.289 e. The molecule has 0 bridgehead atoms. The maximum atomic E-state index is 13.0. The summed E-state index contributed by atoms with van der Waals surface area (Å²) in [5.74, 6) is 0.265. The van der Waals surface area contributed by atoms with Crippen LogP contribution in [0.25, 0.3) is 0 Å². The van der Waals surface area contributed by atoms with Crippen LogP contribution < -0.4 is 0 Å². The molecule has 34 heavy (non-hydrogen) atoms. The lowest BCUT2D eigenvalue weighted by Gasteiger charge is -2.34. The molecule has 178 valence electrons. The molecule has 2 saturated heterocycles. The summed E-state index contributed by atoms with van der Waals surface area (Å²) in [6.45, 7) is 3.24. The van der Waals surface area contributed by atoms with E-state index in [0.29, 0.717) is 50.7 Å². The Kier molecular flexibility index (Phi) is 6.34. The van der Waals surface area contributed by atoms with Crippen molar-refractivity contribution in [2.24, 2.45) is 0 Å². The van der Waals surface area contributed by atoms with Gasteiger partial charge in [-0.3, -0.25) is 14.4 Å². The van der Waals surface area contributed by atoms with Crippen LogP contribution in [0, 0.1) is 0 Å². The highest BCUT2D eigenvalue weighted by molar-refractivity contribution is 7.09. The van der Waals surface area contributed by atoms with Crippen LogP contribution in [0.2, 0.25) is 0 Å². The van der Waals surface area contributed by atoms with Gasteiger partial charge in [0.15, 0.2) is 5.76 Å². The standard InChI is InChI=1S/C21H24N8O4S/c30-18(12-29-14-22-24-25-29)26-5-3-15(4-6-26)19-23-16(13-34-19)20(31)27-7-9-28(10-8-27)21(32)17-2-1-11-33-17/h1-2,11,13-15H,3-10,12H2. The molecule has 0 N–H and O–H groups in total. The Balaban J connectivity index is 1.11. The van der Waals surface area contributed by atoms with Gasteiger partial charge in [0.2, 0.25) is 5.91 Å². The molecular weight excluding hydrogens is 460 g/mol. The van der Waals surface area contributed by atoms with Gasteiger partial charge in [-0.25, -0.2) is 9.67 Å². The minimum Gasteiger partial charge on any atom is -0.459 e. The monoisotopic (exact) mass is 484 g/mol. The van der Waals surface area contributed by atoms with Crippen molar-refractivity contribution in [1.82, 2.24) is 39.9 Å². The quantitative estimate of drug-likeness (QED) is 0.518. The van der Waals surface area contributed by atoms with Crippen LogP contribution in [0.4, 0.5) is 0 Å². The zero-order valence-electron chi connectivity index (χ0n) is 18.4. The summed E-state index contributed by atoms with van der Waals surface area (Å²) in [5.41, 5.74) is 0.447. The lowest BCUT2D eigenvalue weighted by molar-refractivity contribution is -0.133. The largest absolute Gasteiger partial charge is 0.459 e. The summed E-state index contributed by atoms with van der Waals surface area (Å²) in [7, 11) is 0. The maximum absolute atomic E-state index is 13.0. The molecular formula is C21H24N8O4S. The van der Waals surface area contributed by atoms with Gasteiger partial charge in [-0.05, 0) is 35.4 Å². The van der Waals surface area contributed by atoms with E-state index >= 15 is 0 Å². The fourth-order valence-corrected chi connectivity index (χ4v) is 5.24. The third-order valence-electron chi connectivity index (χ3n) is 6.21. The molecule has 0 radical (unpaired) electrons. The second-order valence-electron chi connectivity index (χ2n) is 8.30. The van der Waals surface area contributed by atoms with Crippen LogP contribution in [0.5, 0.6) is 0 Å². The van der Waals surface area contributed by atoms with E-state index in [1.807, 2.05) is 10.3 Å². The summed E-state index contributed by atoms with van der Waals surface area (Å²) < 4.78 is 6.60. The predicted octanol–water partition coefficient (Wildman–Crippen LogP) is 0.727. The number of piperazine rings is 1. The Hall–Kier alpha value is -3.61. The zero-order chi connectivity index (χ0) is 23.5. The first kappa shape index (κ1) is 22.2. The molecule has 3 amide bonds. The predicted molar refractivity (Wildman–Crippen MR) is 119 cm³/mol. The first-order valence-corrected chi connectivity index (χ1v) is 12.0. The number of carbonyl (C=O) groups excluding carboxylic acids is 3. The summed E-state index contributed by atoms with van der Waals surface area (Å²) in [6.07, 6.45) is 4.51. The Morgan fingerprint density at radius 2 is 1.74 bits per heavy atom. The van der Waals surface area contributed by atoms with Crippen LogP contribution in [0.3, 0.4) is 0 Å². The number of likely N-dealkylation sites (tertiary alicyclic amines) is 1. The minimum atomic E-state index is -0.157. The smallest absolute Gasteiger partial charge is 0.289 e. The van der Waals surface area contributed by atoms with Gasteiger partial charge in [-0.15, -0.1) is 16.4 Å². The van der Waals surface area contributed by atoms with Crippen molar-refractivity contribution in [1.29, 1.82) is 0 Å². The van der Waals surface area contributed by atoms with Crippen molar-refractivity contribution in [3.63, 3.8) is 0 Å². The van der Waals surface area contributed by atoms with Gasteiger partial charge in [-0.1, -0.05) is 0 Å². The number of amides is 3. The average molecular weight is 485 g/mol. The Bertz CT molecular complexity index is 1130. The number of tetrazole rings is 1. The van der Waals surface area contributed by atoms with E-state index in [0.717, 1.165) is 17.8 Å². The SMILES string of the molecule is O=C(Cn1cnnn1)N1CCC(c2nc(C(=O)N3CCN(C(=O)c4ccco4)CC3)cs2)CC1. The van der Waals surface area contributed by atoms with Gasteiger partial charge in [0.05, 0.1) is 11.3 Å². The molecule has 0 aromatic carbocycles. The van der Waals surface area contributed by atoms with Crippen molar-refractivity contribution < 1.29 is 18.8 Å². The molecule has 12 nitrogen and oxygen atoms in total. The Morgan fingerprint density at radius 1 is 1.00 bits per heavy atom. The lowest BCUT2D eigenvalue weighted by Crippen LogP contribution is -2.50. The fourth-order valence-electron chi connectivity index (χ4n) is 4.27. The van der Waals surface area contributed by atoms with Crippen molar-refractivity contribution in [3.8, 4) is 0 Å². The molecule has 13 heteroatoms. The van der Waals surface area contributed by atoms with E-state index in [1.54, 1.807) is 21.9 Å². The van der Waals surface area contributed by atoms with E-state index in [9.17, 15) is 14.4 Å². The molecule has 0 aliphatic carbocycles. The number of carbonyl (C=O) groups is 3. The van der Waals surface area contributed by atoms with E-state index in [-0.39, 0.29) is 30.2 Å². The van der Waals surface area contributed by atoms with Crippen molar-refractivity contribution in [3.05, 3.63) is 46.6 Å². The minimum absolute atomic E-state index is 0.00886. The van der Waals surface area contributed by atoms with Crippen LogP contribution in [0.15, 0.2) is 34.5 Å². The summed E-state index contributed by atoms with van der Waals surface area (Å²) in [5, 5.41) is 13.6. The molecule has 0 spiro atoms. The van der Waals surface area contributed by atoms with Crippen LogP contribution >= 0.6 is 11.3 Å². The number of thiazole rings is 1. The molecule has 3 aromatic heterocycles. The first-order chi connectivity index (χ1) is 16.6. The van der Waals surface area contributed by atoms with Crippen molar-refractivity contribution in [2.45, 2.75) is 25.3 Å². The van der Waals surface area contributed by atoms with Gasteiger partial charge in [0.25, 0.3) is 11.8 Å². The molecule has 5 heterocycles. The summed E-state index contributed by atoms with van der Waals surface area (Å²) >= 11 is 1.50. The van der Waals surface area contributed by atoms with E-state index in [4.69, 9.17) is 4.42 Å². The van der Waals surface area contributed by atoms with Crippen molar-refractivity contribution >= 4 is 29.1 Å². The third kappa shape index (κ3) is 4.69. The molecule has 0 saturated carbocycles. The van der Waals surface area contributed by atoms with E-state index in [2.05, 4.69) is 20.5 Å². The van der Waals surface area contributed by atoms with Crippen molar-refractivity contribution in [2.75, 3.05) is 39.3 Å². The highest BCUT2D eigenvalue weighted by Gasteiger charge is 2.30. The molecule has 0 unspecified atom stereocenters. The van der Waals surface area contributed by atoms with Crippen LogP contribution in [0.1, 0.15) is 44.8 Å². The number of nitrogens with zero attached hydrogens (tertiary/aromatic N) is 8. The van der Waals surface area contributed by atoms with Gasteiger partial charge >= 0.3 is 0 Å². The van der Waals surface area contributed by atoms with Gasteiger partial charge in [0.1, 0.15) is 18.6 Å². The third-order valence-corrected chi connectivity index (χ3v) is 7.22. The van der Waals surface area contributed by atoms with Crippen LogP contribution in [-0.4, -0.2) is 96.9 Å². The molecule has 2 aliphatic rings. The second kappa shape index (κ2) is 9.71. The second-order valence-corrected chi connectivity index (χ2v) is 9.18. The summed E-state index contributed by atoms with van der Waals surface area (Å²) in [6, 6.07) is 3.33. The van der Waals surface area contributed by atoms with Gasteiger partial charge in [0, 0.05) is 50.6 Å². The molecule has 0 atom stereocenters. The lowest BCUT2D eigenvalue weighted by atomic mass is 9.97. The van der Waals surface area contributed by atoms with Gasteiger partial charge < -0.3 is 19.1 Å². The topological polar surface area (TPSA) is 131 Å². The number of hydrogen-bond donors (Lipinski definition) is 0. The molecule has 2 fully saturated rings. The zero-order valence-corrected chi connectivity index (χ0v) is 19.3. The van der Waals surface area contributed by atoms with E-state index < -0.39 is 0 Å². The van der Waals surface area contributed by atoms with E-state index in [1.165, 1.54) is 28.6 Å². The first-order valence-electron chi connectivity index (χ1n) is 11.1. The number of aromatic nitrogens is 5. The molecule has 2 aliphatic heterocycles. The number of furan rings is 1. The number of rotatable bonds is 5. The highest BCUT2D eigenvalue weighted by atomic mass is 32.1.